The van der Waals surface area contributed by atoms with Gasteiger partial charge in [-0.2, -0.15) is 0 Å². The summed E-state index contributed by atoms with van der Waals surface area (Å²) in [6, 6.07) is 3.56. The molecule has 0 bridgehead atoms. The molecule has 0 saturated carbocycles. The van der Waals surface area contributed by atoms with Gasteiger partial charge in [0.1, 0.15) is 5.82 Å². The first-order valence-electron chi connectivity index (χ1n) is 4.25. The molecule has 0 aliphatic rings. The smallest absolute Gasteiger partial charge is 0.222 e. The SMILES string of the molecule is COC(OC)C(=O)c1cc(F)ccc1N. The number of carbonyl (C=O) groups is 1. The number of carbonyl (C=O) groups excluding carboxylic acids is 1. The molecule has 1 aromatic carbocycles. The summed E-state index contributed by atoms with van der Waals surface area (Å²) < 4.78 is 22.4. The summed E-state index contributed by atoms with van der Waals surface area (Å²) in [5.74, 6) is -1.03. The van der Waals surface area contributed by atoms with E-state index in [0.717, 1.165) is 6.07 Å². The molecule has 1 rings (SSSR count). The minimum Gasteiger partial charge on any atom is -0.398 e. The van der Waals surface area contributed by atoms with Gasteiger partial charge in [0.2, 0.25) is 12.1 Å². The first-order chi connectivity index (χ1) is 7.10. The van der Waals surface area contributed by atoms with Crippen LogP contribution in [-0.4, -0.2) is 26.3 Å². The lowest BCUT2D eigenvalue weighted by Gasteiger charge is -2.13. The molecule has 4 nitrogen and oxygen atoms in total. The highest BCUT2D eigenvalue weighted by Gasteiger charge is 2.21. The lowest BCUT2D eigenvalue weighted by Crippen LogP contribution is -2.25. The second-order valence-electron chi connectivity index (χ2n) is 2.90. The Hall–Kier alpha value is -1.46. The fraction of sp³-hybridized carbons (Fsp3) is 0.300. The van der Waals surface area contributed by atoms with Crippen molar-refractivity contribution in [1.29, 1.82) is 0 Å². The van der Waals surface area contributed by atoms with Crippen molar-refractivity contribution in [3.05, 3.63) is 29.6 Å². The van der Waals surface area contributed by atoms with E-state index < -0.39 is 17.9 Å². The maximum absolute atomic E-state index is 12.9. The molecule has 0 atom stereocenters. The van der Waals surface area contributed by atoms with Crippen LogP contribution >= 0.6 is 0 Å². The number of hydrogen-bond acceptors (Lipinski definition) is 4. The summed E-state index contributed by atoms with van der Waals surface area (Å²) in [4.78, 5) is 11.7. The van der Waals surface area contributed by atoms with Crippen molar-refractivity contribution in [2.75, 3.05) is 20.0 Å². The summed E-state index contributed by atoms with van der Waals surface area (Å²) in [6.45, 7) is 0. The molecule has 0 aliphatic heterocycles. The molecule has 0 spiro atoms. The number of halogens is 1. The molecule has 0 radical (unpaired) electrons. The number of nitrogens with two attached hydrogens (primary N) is 1. The minimum absolute atomic E-state index is 0.0590. The molecule has 1 aromatic rings. The number of hydrogen-bond donors (Lipinski definition) is 1. The molecule has 5 heteroatoms. The van der Waals surface area contributed by atoms with Crippen LogP contribution in [0.5, 0.6) is 0 Å². The second kappa shape index (κ2) is 4.86. The van der Waals surface area contributed by atoms with E-state index in [-0.39, 0.29) is 11.3 Å². The number of Topliss-reactive ketones (excluding diaryl/α,β-unsaturated/α-hetero) is 1. The number of nitrogen functional groups attached to an aromatic ring is 1. The molecule has 0 heterocycles. The van der Waals surface area contributed by atoms with E-state index >= 15 is 0 Å². The zero-order valence-corrected chi connectivity index (χ0v) is 8.49. The van der Waals surface area contributed by atoms with E-state index in [0.29, 0.717) is 0 Å². The van der Waals surface area contributed by atoms with E-state index in [4.69, 9.17) is 15.2 Å². The van der Waals surface area contributed by atoms with Crippen LogP contribution in [0.25, 0.3) is 0 Å². The van der Waals surface area contributed by atoms with Crippen LogP contribution in [0.4, 0.5) is 10.1 Å². The number of rotatable bonds is 4. The van der Waals surface area contributed by atoms with Crippen LogP contribution < -0.4 is 5.73 Å². The fourth-order valence-electron chi connectivity index (χ4n) is 1.18. The van der Waals surface area contributed by atoms with Crippen molar-refractivity contribution >= 4 is 11.5 Å². The third kappa shape index (κ3) is 2.51. The van der Waals surface area contributed by atoms with Crippen molar-refractivity contribution < 1.29 is 18.7 Å². The van der Waals surface area contributed by atoms with Gasteiger partial charge in [-0.3, -0.25) is 4.79 Å². The fourth-order valence-corrected chi connectivity index (χ4v) is 1.18. The van der Waals surface area contributed by atoms with E-state index in [1.807, 2.05) is 0 Å². The van der Waals surface area contributed by atoms with Crippen LogP contribution in [-0.2, 0) is 9.47 Å². The Kier molecular flexibility index (Phi) is 3.76. The Morgan fingerprint density at radius 3 is 2.53 bits per heavy atom. The van der Waals surface area contributed by atoms with Crippen molar-refractivity contribution in [3.63, 3.8) is 0 Å². The van der Waals surface area contributed by atoms with Gasteiger partial charge in [0.25, 0.3) is 0 Å². The third-order valence-electron chi connectivity index (χ3n) is 1.92. The predicted octanol–water partition coefficient (Wildman–Crippen LogP) is 1.21. The largest absolute Gasteiger partial charge is 0.398 e. The molecule has 2 N–H and O–H groups in total. The van der Waals surface area contributed by atoms with Crippen LogP contribution in [0, 0.1) is 5.82 Å². The standard InChI is InChI=1S/C10H12FNO3/c1-14-10(15-2)9(13)7-5-6(11)3-4-8(7)12/h3-5,10H,12H2,1-2H3. The third-order valence-corrected chi connectivity index (χ3v) is 1.92. The van der Waals surface area contributed by atoms with Crippen LogP contribution in [0.1, 0.15) is 10.4 Å². The summed E-state index contributed by atoms with van der Waals surface area (Å²) in [5, 5.41) is 0. The lowest BCUT2D eigenvalue weighted by molar-refractivity contribution is -0.0741. The second-order valence-corrected chi connectivity index (χ2v) is 2.90. The van der Waals surface area contributed by atoms with Crippen molar-refractivity contribution in [2.45, 2.75) is 6.29 Å². The summed E-state index contributed by atoms with van der Waals surface area (Å²) >= 11 is 0. The molecular weight excluding hydrogens is 201 g/mol. The average molecular weight is 213 g/mol. The Bertz CT molecular complexity index is 364. The van der Waals surface area contributed by atoms with Gasteiger partial charge in [0, 0.05) is 25.5 Å². The minimum atomic E-state index is -1.06. The highest BCUT2D eigenvalue weighted by atomic mass is 19.1. The molecule has 0 saturated heterocycles. The highest BCUT2D eigenvalue weighted by Crippen LogP contribution is 2.16. The Morgan fingerprint density at radius 2 is 2.00 bits per heavy atom. The van der Waals surface area contributed by atoms with Crippen molar-refractivity contribution in [3.8, 4) is 0 Å². The first-order valence-corrected chi connectivity index (χ1v) is 4.25. The van der Waals surface area contributed by atoms with E-state index in [2.05, 4.69) is 0 Å². The van der Waals surface area contributed by atoms with Crippen LogP contribution in [0.2, 0.25) is 0 Å². The number of methoxy groups -OCH3 is 2. The van der Waals surface area contributed by atoms with Crippen LogP contribution in [0.3, 0.4) is 0 Å². The predicted molar refractivity (Wildman–Crippen MR) is 52.9 cm³/mol. The number of anilines is 1. The quantitative estimate of drug-likeness (QED) is 0.464. The summed E-state index contributed by atoms with van der Waals surface area (Å²) in [7, 11) is 2.64. The number of benzene rings is 1. The summed E-state index contributed by atoms with van der Waals surface area (Å²) in [5.41, 5.74) is 5.79. The number of ketones is 1. The molecular formula is C10H12FNO3. The van der Waals surface area contributed by atoms with Gasteiger partial charge in [-0.05, 0) is 18.2 Å². The van der Waals surface area contributed by atoms with Crippen molar-refractivity contribution in [1.82, 2.24) is 0 Å². The van der Waals surface area contributed by atoms with E-state index in [9.17, 15) is 9.18 Å². The van der Waals surface area contributed by atoms with Gasteiger partial charge < -0.3 is 15.2 Å². The zero-order valence-electron chi connectivity index (χ0n) is 8.49. The molecule has 82 valence electrons. The average Bonchev–Trinajstić information content (AvgIpc) is 2.23. The van der Waals surface area contributed by atoms with Gasteiger partial charge in [-0.25, -0.2) is 4.39 Å². The van der Waals surface area contributed by atoms with Gasteiger partial charge >= 0.3 is 0 Å². The zero-order chi connectivity index (χ0) is 11.4. The van der Waals surface area contributed by atoms with Gasteiger partial charge in [0.05, 0.1) is 0 Å². The molecule has 0 unspecified atom stereocenters. The van der Waals surface area contributed by atoms with E-state index in [1.165, 1.54) is 26.4 Å². The molecule has 15 heavy (non-hydrogen) atoms. The van der Waals surface area contributed by atoms with E-state index in [1.54, 1.807) is 0 Å². The maximum atomic E-state index is 12.9. The number of ether oxygens (including phenoxy) is 2. The lowest BCUT2D eigenvalue weighted by atomic mass is 10.1. The van der Waals surface area contributed by atoms with Gasteiger partial charge in [-0.15, -0.1) is 0 Å². The molecule has 0 amide bonds. The normalized spacial score (nSPS) is 10.7. The highest BCUT2D eigenvalue weighted by molar-refractivity contribution is 6.02. The Morgan fingerprint density at radius 1 is 1.40 bits per heavy atom. The topological polar surface area (TPSA) is 61.5 Å². The van der Waals surface area contributed by atoms with Gasteiger partial charge in [0.15, 0.2) is 0 Å². The Labute approximate surface area is 86.8 Å². The first kappa shape index (κ1) is 11.6. The molecule has 0 aliphatic carbocycles. The Balaban J connectivity index is 3.04. The monoisotopic (exact) mass is 213 g/mol. The van der Waals surface area contributed by atoms with Crippen LogP contribution in [0.15, 0.2) is 18.2 Å². The molecule has 0 fully saturated rings. The van der Waals surface area contributed by atoms with Crippen molar-refractivity contribution in [2.24, 2.45) is 0 Å². The van der Waals surface area contributed by atoms with Gasteiger partial charge in [-0.1, -0.05) is 0 Å². The maximum Gasteiger partial charge on any atom is 0.222 e. The summed E-state index contributed by atoms with van der Waals surface area (Å²) in [6.07, 6.45) is -1.06. The molecule has 0 aromatic heterocycles.